The van der Waals surface area contributed by atoms with Gasteiger partial charge in [0, 0.05) is 0 Å². The first-order chi connectivity index (χ1) is 45.8. The second kappa shape index (κ2) is 32.7. The summed E-state index contributed by atoms with van der Waals surface area (Å²) in [4.78, 5) is 37.8. The molecule has 0 radical (unpaired) electrons. The number of rotatable bonds is 32. The maximum Gasteiger partial charge on any atom is 0.397 e. The van der Waals surface area contributed by atoms with Crippen LogP contribution in [-0.4, -0.2) is 370 Å². The highest BCUT2D eigenvalue weighted by molar-refractivity contribution is 7.84. The van der Waals surface area contributed by atoms with E-state index in [1.165, 1.54) is 14.2 Å². The quantitative estimate of drug-likeness (QED) is 0.0278. The molecule has 5 saturated heterocycles. The van der Waals surface area contributed by atoms with Crippen molar-refractivity contribution in [2.45, 2.75) is 172 Å². The molecule has 0 saturated carbocycles. The van der Waals surface area contributed by atoms with Gasteiger partial charge in [-0.1, -0.05) is 0 Å². The topological polar surface area (TPSA) is 892 Å². The van der Waals surface area contributed by atoms with Crippen molar-refractivity contribution < 1.29 is 247 Å². The Kier molecular flexibility index (Phi) is 27.9. The van der Waals surface area contributed by atoms with E-state index in [1.807, 2.05) is 0 Å². The van der Waals surface area contributed by atoms with Gasteiger partial charge in [-0.05, 0) is 6.08 Å². The lowest BCUT2D eigenvalue weighted by molar-refractivity contribution is -0.375. The Bertz CT molecular complexity index is 3940. The van der Waals surface area contributed by atoms with Crippen LogP contribution in [0.5, 0.6) is 0 Å². The maximum atomic E-state index is 13.1. The highest BCUT2D eigenvalue weighted by Crippen LogP contribution is 2.39. The summed E-state index contributed by atoms with van der Waals surface area (Å²) in [5, 5.41) is 120. The van der Waals surface area contributed by atoms with Crippen molar-refractivity contribution in [2.24, 2.45) is 0 Å². The number of hydrogen-bond acceptors (Lipinski definition) is 43. The summed E-state index contributed by atoms with van der Waals surface area (Å²) in [7, 11) is -46.6. The molecule has 5 fully saturated rings. The zero-order chi connectivity index (χ0) is 76.7. The zero-order valence-corrected chi connectivity index (χ0v) is 54.9. The summed E-state index contributed by atoms with van der Waals surface area (Å²) in [6, 6.07) is -8.46. The molecule has 0 aromatic heterocycles. The Morgan fingerprint density at radius 3 is 1.08 bits per heavy atom. The first-order valence-corrected chi connectivity index (χ1v) is 37.4. The highest BCUT2D eigenvalue weighted by atomic mass is 32.3. The number of aliphatic hydroxyl groups is 8. The largest absolute Gasteiger partial charge is 0.479 e. The minimum Gasteiger partial charge on any atom is -0.479 e. The fraction of sp³-hybridized carbons (Fsp3) is 0.861. The Balaban J connectivity index is 1.37. The SMILES string of the molecule is O=C(O)C1=C[C@H](O)[C@@H](OS(=O)(=O)O)[C@H](O[C@H]2[C@H](O)[C@@H](NS(=O)(=O)O)[C@@H](O[C@H]3[C@H](O)[C@@H](OS(=O)(=O)O)[C@H](O[C@H]4[C@H](O)[C@@H](NS(=O)(=O)O)[C@@H](O[C@H]5[C@H](O)[C@@H](O)[C@H](O[C@H]6[C@H](O)[C@@H](NS(=O)(=O)O)C(O)O[C@@H]6COS(=O)(=O)O)O[C@@H]5C(=O)O)O[C@@H]4COS(=O)(=O)O)O[C@H]3C(=O)O)O[C@@H]2COS(=O)(=O)O)O1. The zero-order valence-electron chi connectivity index (χ0n) is 48.4. The van der Waals surface area contributed by atoms with Crippen molar-refractivity contribution in [3.8, 4) is 0 Å². The molecule has 57 nitrogen and oxygen atoms in total. The van der Waals surface area contributed by atoms with E-state index >= 15 is 0 Å². The van der Waals surface area contributed by atoms with Gasteiger partial charge in [-0.3, -0.25) is 36.4 Å². The molecule has 0 aromatic rings. The third-order valence-corrected chi connectivity index (χ3v) is 17.8. The molecule has 1 unspecified atom stereocenters. The monoisotopic (exact) mass is 1650 g/mol. The number of nitrogens with one attached hydrogen (secondary N) is 3. The van der Waals surface area contributed by atoms with Crippen molar-refractivity contribution in [3.05, 3.63) is 11.8 Å². The fourth-order valence-electron chi connectivity index (χ4n) is 9.98. The molecule has 6 aliphatic heterocycles. The molecule has 28 atom stereocenters. The van der Waals surface area contributed by atoms with E-state index in [4.69, 9.17) is 56.7 Å². The predicted molar refractivity (Wildman–Crippen MR) is 289 cm³/mol. The molecule has 101 heavy (non-hydrogen) atoms. The second-order valence-corrected chi connectivity index (χ2v) is 29.8. The van der Waals surface area contributed by atoms with E-state index in [2.05, 4.69) is 20.9 Å². The fourth-order valence-corrected chi connectivity index (χ4v) is 13.7. The Morgan fingerprint density at radius 2 is 0.703 bits per heavy atom. The van der Waals surface area contributed by atoms with Gasteiger partial charge in [0.25, 0.3) is 0 Å². The van der Waals surface area contributed by atoms with E-state index in [9.17, 15) is 170 Å². The highest BCUT2D eigenvalue weighted by Gasteiger charge is 2.61. The van der Waals surface area contributed by atoms with Crippen LogP contribution in [0.3, 0.4) is 0 Å². The summed E-state index contributed by atoms with van der Waals surface area (Å²) in [6.07, 6.45) is -72.7. The summed E-state index contributed by atoms with van der Waals surface area (Å²) < 4.78 is 352. The van der Waals surface area contributed by atoms with Crippen LogP contribution < -0.4 is 14.2 Å². The molecule has 0 spiro atoms. The molecule has 65 heteroatoms. The van der Waals surface area contributed by atoms with Gasteiger partial charge in [-0.25, -0.2) is 35.3 Å². The second-order valence-electron chi connectivity index (χ2n) is 20.9. The van der Waals surface area contributed by atoms with E-state index in [0.29, 0.717) is 0 Å². The summed E-state index contributed by atoms with van der Waals surface area (Å²) in [5.74, 6) is -8.42. The summed E-state index contributed by atoms with van der Waals surface area (Å²) >= 11 is 0. The number of carboxylic acid groups (broad SMARTS) is 3. The van der Waals surface area contributed by atoms with Crippen LogP contribution in [-0.2, 0) is 170 Å². The molecule has 6 rings (SSSR count). The van der Waals surface area contributed by atoms with E-state index in [-0.39, 0.29) is 6.08 Å². The summed E-state index contributed by atoms with van der Waals surface area (Å²) in [5.41, 5.74) is 0. The molecule has 0 bridgehead atoms. The van der Waals surface area contributed by atoms with Gasteiger partial charge in [0.1, 0.15) is 110 Å². The third-order valence-electron chi connectivity index (χ3n) is 13.9. The van der Waals surface area contributed by atoms with Crippen molar-refractivity contribution in [1.29, 1.82) is 0 Å². The predicted octanol–water partition coefficient (Wildman–Crippen LogP) is -15.3. The number of carboxylic acids is 3. The van der Waals surface area contributed by atoms with Gasteiger partial charge in [0.15, 0.2) is 55.9 Å². The molecule has 22 N–H and O–H groups in total. The normalized spacial score (nSPS) is 39.0. The average molecular weight is 1650 g/mol. The number of aliphatic hydroxyl groups excluding tert-OH is 8. The van der Waals surface area contributed by atoms with Gasteiger partial charge in [-0.15, -0.1) is 0 Å². The minimum atomic E-state index is -6.28. The van der Waals surface area contributed by atoms with E-state index in [1.54, 1.807) is 0 Å². The minimum absolute atomic E-state index is 0.213. The molecule has 588 valence electrons. The van der Waals surface area contributed by atoms with E-state index < -0.39 is 298 Å². The molecule has 6 aliphatic rings. The lowest BCUT2D eigenvalue weighted by Crippen LogP contribution is -2.71. The Morgan fingerprint density at radius 1 is 0.366 bits per heavy atom. The molecule has 6 heterocycles. The Labute approximate surface area is 563 Å². The lowest BCUT2D eigenvalue weighted by Gasteiger charge is -2.50. The van der Waals surface area contributed by atoms with Crippen LogP contribution in [0.4, 0.5) is 0 Å². The molecule has 0 aliphatic carbocycles. The molecular weight excluding hydrogens is 1590 g/mol. The average Bonchev–Trinajstić information content (AvgIpc) is 0.761. The van der Waals surface area contributed by atoms with Crippen molar-refractivity contribution in [1.82, 2.24) is 14.2 Å². The van der Waals surface area contributed by atoms with Gasteiger partial charge in [-0.2, -0.15) is 81.5 Å². The molecular formula is C36H57N3O54S8. The lowest BCUT2D eigenvalue weighted by atomic mass is 9.94. The summed E-state index contributed by atoms with van der Waals surface area (Å²) in [6.45, 7) is -5.30. The first-order valence-electron chi connectivity index (χ1n) is 26.3. The number of carbonyl (C=O) groups is 3. The third kappa shape index (κ3) is 24.4. The van der Waals surface area contributed by atoms with Gasteiger partial charge >= 0.3 is 101 Å². The van der Waals surface area contributed by atoms with Gasteiger partial charge in [0.2, 0.25) is 12.0 Å². The maximum absolute atomic E-state index is 13.1. The number of hydrogen-bond donors (Lipinski definition) is 22. The molecule has 0 aromatic carbocycles. The number of ether oxygens (including phenoxy) is 11. The smallest absolute Gasteiger partial charge is 0.397 e. The standard InChI is InChI=1S/C36H57N3O54S8/c40-5-1-6(28(47)48)82-35(19(5)92-100(72,73)74)86-21-8(3-79-98(66,67)68)84-33(12(14(21)42)39-96(60,61)62)89-24-18(46)25(93-101(75,76)77)36(91-27(24)30(51)52)87-22-9(4-80-99(69,70)71)83-32(11(15(22)43)38-95(57,58)59)88-23-16(44)17(45)34(90-26(23)29(49)50)85-20-7(2-78-97(63,64)65)81-31(53)10(13(20)41)37-94(54,55)56/h1,5,7-27,31-46,53H,2-4H2,(H,47,48)(H,49,50)(H,51,52)(H,54,55,56)(H,57,58,59)(H,60,61,62)(H,63,64,65)(H,66,67,68)(H,69,70,71)(H,72,73,74)(H,75,76,77)/t5-,7+,8+,9+,10+,11+,12+,13+,14+,15+,16+,17+,18-,19+,20+,21+,22+,23-,24-,25+,26-,27+,31?,32+,33+,34+,35-,36+/m0/s1. The molecule has 0 amide bonds. The Hall–Kier alpha value is -3.81. The van der Waals surface area contributed by atoms with Gasteiger partial charge < -0.3 is 108 Å². The van der Waals surface area contributed by atoms with Crippen molar-refractivity contribution in [2.75, 3.05) is 19.8 Å². The van der Waals surface area contributed by atoms with Crippen molar-refractivity contribution >= 4 is 101 Å². The number of aliphatic carboxylic acids is 3. The van der Waals surface area contributed by atoms with Crippen molar-refractivity contribution in [3.63, 3.8) is 0 Å². The van der Waals surface area contributed by atoms with Crippen LogP contribution >= 0.6 is 0 Å². The van der Waals surface area contributed by atoms with E-state index in [0.717, 1.165) is 0 Å². The van der Waals surface area contributed by atoms with Crippen LogP contribution in [0.25, 0.3) is 0 Å². The van der Waals surface area contributed by atoms with Crippen LogP contribution in [0, 0.1) is 0 Å². The van der Waals surface area contributed by atoms with Gasteiger partial charge in [0.05, 0.1) is 19.8 Å². The van der Waals surface area contributed by atoms with Crippen LogP contribution in [0.15, 0.2) is 11.8 Å². The van der Waals surface area contributed by atoms with Crippen LogP contribution in [0.2, 0.25) is 0 Å². The van der Waals surface area contributed by atoms with Crippen LogP contribution in [0.1, 0.15) is 0 Å². The first kappa shape index (κ1) is 86.1.